The summed E-state index contributed by atoms with van der Waals surface area (Å²) < 4.78 is 19.9. The minimum Gasteiger partial charge on any atom is -0.459 e. The van der Waals surface area contributed by atoms with Gasteiger partial charge in [-0.05, 0) is 31.0 Å². The first-order valence-corrected chi connectivity index (χ1v) is 10.3. The minimum atomic E-state index is -0.556. The van der Waals surface area contributed by atoms with Crippen LogP contribution in [0.5, 0.6) is 0 Å². The Bertz CT molecular complexity index is 902. The standard InChI is InChI=1S/C21H25FN4O4/c22-16-14-19(26(28)29)18(15-17(16)23-7-3-1-2-4-8-23)24-9-11-25(12-10-24)21(27)20-6-5-13-30-20/h5-6,13-15H,1-4,7-12H2. The fourth-order valence-electron chi connectivity index (χ4n) is 4.20. The van der Waals surface area contributed by atoms with Gasteiger partial charge in [0, 0.05) is 39.3 Å². The Morgan fingerprint density at radius 1 is 0.967 bits per heavy atom. The molecule has 3 heterocycles. The zero-order valence-corrected chi connectivity index (χ0v) is 16.8. The summed E-state index contributed by atoms with van der Waals surface area (Å²) in [6, 6.07) is 5.93. The predicted molar refractivity (Wildman–Crippen MR) is 111 cm³/mol. The van der Waals surface area contributed by atoms with Crippen molar-refractivity contribution in [3.05, 3.63) is 52.2 Å². The monoisotopic (exact) mass is 416 g/mol. The van der Waals surface area contributed by atoms with Crippen LogP contribution in [0.15, 0.2) is 34.9 Å². The average molecular weight is 416 g/mol. The Balaban J connectivity index is 1.56. The van der Waals surface area contributed by atoms with Crippen molar-refractivity contribution in [1.82, 2.24) is 4.90 Å². The van der Waals surface area contributed by atoms with E-state index in [9.17, 15) is 19.3 Å². The van der Waals surface area contributed by atoms with Gasteiger partial charge in [0.25, 0.3) is 11.6 Å². The summed E-state index contributed by atoms with van der Waals surface area (Å²) in [6.07, 6.45) is 5.65. The van der Waals surface area contributed by atoms with E-state index >= 15 is 0 Å². The summed E-state index contributed by atoms with van der Waals surface area (Å²) in [6.45, 7) is 3.18. The molecule has 1 aromatic heterocycles. The van der Waals surface area contributed by atoms with Crippen LogP contribution >= 0.6 is 0 Å². The molecule has 0 unspecified atom stereocenters. The lowest BCUT2D eigenvalue weighted by atomic mass is 10.1. The number of furan rings is 1. The number of rotatable bonds is 4. The van der Waals surface area contributed by atoms with Crippen LogP contribution < -0.4 is 9.80 Å². The minimum absolute atomic E-state index is 0.196. The zero-order valence-electron chi connectivity index (χ0n) is 16.8. The van der Waals surface area contributed by atoms with Crippen LogP contribution in [0.4, 0.5) is 21.5 Å². The molecular weight excluding hydrogens is 391 g/mol. The van der Waals surface area contributed by atoms with Crippen molar-refractivity contribution < 1.29 is 18.5 Å². The van der Waals surface area contributed by atoms with Crippen molar-refractivity contribution >= 4 is 23.0 Å². The second-order valence-corrected chi connectivity index (χ2v) is 7.71. The summed E-state index contributed by atoms with van der Waals surface area (Å²) in [5.74, 6) is -0.475. The molecule has 160 valence electrons. The van der Waals surface area contributed by atoms with Gasteiger partial charge in [-0.15, -0.1) is 0 Å². The van der Waals surface area contributed by atoms with Crippen molar-refractivity contribution in [1.29, 1.82) is 0 Å². The number of nitrogens with zero attached hydrogens (tertiary/aromatic N) is 4. The molecule has 1 aromatic carbocycles. The summed E-state index contributed by atoms with van der Waals surface area (Å²) in [5, 5.41) is 11.6. The van der Waals surface area contributed by atoms with E-state index < -0.39 is 10.7 Å². The lowest BCUT2D eigenvalue weighted by Crippen LogP contribution is -2.49. The van der Waals surface area contributed by atoms with E-state index in [1.54, 1.807) is 23.1 Å². The normalized spacial score (nSPS) is 17.7. The third-order valence-corrected chi connectivity index (χ3v) is 5.83. The Morgan fingerprint density at radius 2 is 1.63 bits per heavy atom. The maximum atomic E-state index is 14.8. The molecular formula is C21H25FN4O4. The summed E-state index contributed by atoms with van der Waals surface area (Å²) in [4.78, 5) is 29.1. The Morgan fingerprint density at radius 3 is 2.23 bits per heavy atom. The molecule has 9 heteroatoms. The van der Waals surface area contributed by atoms with E-state index in [4.69, 9.17) is 4.42 Å². The number of carbonyl (C=O) groups excluding carboxylic acids is 1. The van der Waals surface area contributed by atoms with Crippen molar-refractivity contribution in [2.24, 2.45) is 0 Å². The SMILES string of the molecule is O=C(c1ccco1)N1CCN(c2cc(N3CCCCCC3)c(F)cc2[N+](=O)[O-])CC1. The number of nitro groups is 1. The van der Waals surface area contributed by atoms with Crippen LogP contribution in [0.25, 0.3) is 0 Å². The molecule has 8 nitrogen and oxygen atoms in total. The highest BCUT2D eigenvalue weighted by Gasteiger charge is 2.29. The van der Waals surface area contributed by atoms with E-state index in [1.165, 1.54) is 6.26 Å². The third-order valence-electron chi connectivity index (χ3n) is 5.83. The summed E-state index contributed by atoms with van der Waals surface area (Å²) in [5.41, 5.74) is 0.592. The van der Waals surface area contributed by atoms with Gasteiger partial charge >= 0.3 is 0 Å². The molecule has 0 N–H and O–H groups in total. The quantitative estimate of drug-likeness (QED) is 0.559. The first kappa shape index (κ1) is 20.2. The van der Waals surface area contributed by atoms with Gasteiger partial charge in [0.15, 0.2) is 11.6 Å². The zero-order chi connectivity index (χ0) is 21.1. The van der Waals surface area contributed by atoms with Gasteiger partial charge in [-0.25, -0.2) is 4.39 Å². The van der Waals surface area contributed by atoms with Gasteiger partial charge in [0.2, 0.25) is 0 Å². The van der Waals surface area contributed by atoms with Crippen LogP contribution in [0, 0.1) is 15.9 Å². The maximum Gasteiger partial charge on any atom is 0.295 e. The van der Waals surface area contributed by atoms with Crippen LogP contribution in [0.3, 0.4) is 0 Å². The lowest BCUT2D eigenvalue weighted by Gasteiger charge is -2.36. The highest BCUT2D eigenvalue weighted by molar-refractivity contribution is 5.91. The summed E-state index contributed by atoms with van der Waals surface area (Å²) in [7, 11) is 0. The van der Waals surface area contributed by atoms with Gasteiger partial charge in [-0.1, -0.05) is 12.8 Å². The fraction of sp³-hybridized carbons (Fsp3) is 0.476. The van der Waals surface area contributed by atoms with Crippen molar-refractivity contribution in [3.8, 4) is 0 Å². The Hall–Kier alpha value is -3.10. The van der Waals surface area contributed by atoms with Gasteiger partial charge in [0.05, 0.1) is 22.9 Å². The maximum absolute atomic E-state index is 14.8. The average Bonchev–Trinajstić information content (AvgIpc) is 3.16. The van der Waals surface area contributed by atoms with E-state index in [2.05, 4.69) is 0 Å². The molecule has 0 radical (unpaired) electrons. The molecule has 2 aliphatic rings. The number of hydrogen-bond acceptors (Lipinski definition) is 6. The second kappa shape index (κ2) is 8.73. The Kier molecular flexibility index (Phi) is 5.87. The number of amides is 1. The smallest absolute Gasteiger partial charge is 0.295 e. The van der Waals surface area contributed by atoms with Gasteiger partial charge in [0.1, 0.15) is 5.69 Å². The van der Waals surface area contributed by atoms with E-state index in [0.29, 0.717) is 37.6 Å². The predicted octanol–water partition coefficient (Wildman–Crippen LogP) is 3.67. The molecule has 0 aliphatic carbocycles. The molecule has 2 aliphatic heterocycles. The first-order valence-electron chi connectivity index (χ1n) is 10.3. The number of carbonyl (C=O) groups is 1. The number of nitro benzene ring substituents is 1. The molecule has 1 amide bonds. The van der Waals surface area contributed by atoms with Gasteiger partial charge in [-0.3, -0.25) is 14.9 Å². The van der Waals surface area contributed by atoms with Crippen molar-refractivity contribution in [3.63, 3.8) is 0 Å². The topological polar surface area (TPSA) is 83.1 Å². The largest absolute Gasteiger partial charge is 0.459 e. The van der Waals surface area contributed by atoms with Crippen LogP contribution in [-0.2, 0) is 0 Å². The number of anilines is 2. The van der Waals surface area contributed by atoms with E-state index in [-0.39, 0.29) is 17.4 Å². The molecule has 30 heavy (non-hydrogen) atoms. The number of benzene rings is 1. The first-order chi connectivity index (χ1) is 14.5. The Labute approximate surface area is 174 Å². The molecule has 2 saturated heterocycles. The molecule has 0 bridgehead atoms. The van der Waals surface area contributed by atoms with Crippen LogP contribution in [-0.4, -0.2) is 55.0 Å². The third kappa shape index (κ3) is 4.10. The highest BCUT2D eigenvalue weighted by atomic mass is 19.1. The second-order valence-electron chi connectivity index (χ2n) is 7.71. The molecule has 0 spiro atoms. The molecule has 4 rings (SSSR count). The number of halogens is 1. The van der Waals surface area contributed by atoms with Crippen LogP contribution in [0.2, 0.25) is 0 Å². The fourth-order valence-corrected chi connectivity index (χ4v) is 4.20. The molecule has 2 fully saturated rings. The number of piperazine rings is 1. The van der Waals surface area contributed by atoms with E-state index in [1.807, 2.05) is 9.80 Å². The summed E-state index contributed by atoms with van der Waals surface area (Å²) >= 11 is 0. The highest BCUT2D eigenvalue weighted by Crippen LogP contribution is 2.36. The lowest BCUT2D eigenvalue weighted by molar-refractivity contribution is -0.384. The molecule has 2 aromatic rings. The van der Waals surface area contributed by atoms with Gasteiger partial charge < -0.3 is 19.1 Å². The molecule has 0 atom stereocenters. The number of hydrogen-bond donors (Lipinski definition) is 0. The van der Waals surface area contributed by atoms with Gasteiger partial charge in [-0.2, -0.15) is 0 Å². The van der Waals surface area contributed by atoms with Crippen molar-refractivity contribution in [2.75, 3.05) is 49.1 Å². The van der Waals surface area contributed by atoms with Crippen LogP contribution in [0.1, 0.15) is 36.2 Å². The van der Waals surface area contributed by atoms with Crippen molar-refractivity contribution in [2.45, 2.75) is 25.7 Å². The van der Waals surface area contributed by atoms with E-state index in [0.717, 1.165) is 44.8 Å². The molecule has 0 saturated carbocycles.